The topological polar surface area (TPSA) is 64.7 Å². The lowest BCUT2D eigenvalue weighted by molar-refractivity contribution is 1.07. The van der Waals surface area contributed by atoms with Crippen molar-refractivity contribution in [3.05, 3.63) is 84.1 Å². The lowest BCUT2D eigenvalue weighted by atomic mass is 10.0. The van der Waals surface area contributed by atoms with Crippen LogP contribution in [-0.2, 0) is 0 Å². The van der Waals surface area contributed by atoms with Gasteiger partial charge in [0.2, 0.25) is 5.28 Å². The van der Waals surface area contributed by atoms with Crippen molar-refractivity contribution in [1.82, 2.24) is 15.0 Å². The maximum atomic E-state index is 6.15. The van der Waals surface area contributed by atoms with Crippen LogP contribution < -0.4 is 5.73 Å². The number of aromatic nitrogens is 3. The van der Waals surface area contributed by atoms with Crippen LogP contribution >= 0.6 is 11.6 Å². The highest BCUT2D eigenvalue weighted by Gasteiger charge is 2.10. The maximum Gasteiger partial charge on any atom is 0.226 e. The number of benzene rings is 3. The molecule has 26 heavy (non-hydrogen) atoms. The predicted molar refractivity (Wildman–Crippen MR) is 106 cm³/mol. The zero-order valence-electron chi connectivity index (χ0n) is 13.8. The van der Waals surface area contributed by atoms with Crippen molar-refractivity contribution in [3.8, 4) is 33.9 Å². The van der Waals surface area contributed by atoms with Gasteiger partial charge in [-0.1, -0.05) is 60.7 Å². The monoisotopic (exact) mass is 358 g/mol. The third kappa shape index (κ3) is 3.41. The molecule has 4 aromatic rings. The second-order valence-corrected chi connectivity index (χ2v) is 6.16. The molecule has 2 N–H and O–H groups in total. The average Bonchev–Trinajstić information content (AvgIpc) is 2.68. The Labute approximate surface area is 156 Å². The fourth-order valence-corrected chi connectivity index (χ4v) is 2.91. The number of nitrogens with zero attached hydrogens (tertiary/aromatic N) is 3. The van der Waals surface area contributed by atoms with Crippen LogP contribution in [0.4, 0.5) is 5.69 Å². The lowest BCUT2D eigenvalue weighted by Gasteiger charge is -2.07. The van der Waals surface area contributed by atoms with Crippen molar-refractivity contribution in [3.63, 3.8) is 0 Å². The molecule has 0 unspecified atom stereocenters. The molecule has 0 saturated heterocycles. The van der Waals surface area contributed by atoms with Gasteiger partial charge in [-0.2, -0.15) is 9.97 Å². The van der Waals surface area contributed by atoms with Crippen LogP contribution in [0.5, 0.6) is 0 Å². The van der Waals surface area contributed by atoms with Crippen molar-refractivity contribution in [2.24, 2.45) is 0 Å². The van der Waals surface area contributed by atoms with Crippen LogP contribution in [0.2, 0.25) is 5.28 Å². The van der Waals surface area contributed by atoms with E-state index in [4.69, 9.17) is 17.3 Å². The van der Waals surface area contributed by atoms with Gasteiger partial charge in [0, 0.05) is 16.8 Å². The molecule has 0 fully saturated rings. The third-order valence-electron chi connectivity index (χ3n) is 3.98. The number of hydrogen-bond acceptors (Lipinski definition) is 4. The molecule has 4 nitrogen and oxygen atoms in total. The quantitative estimate of drug-likeness (QED) is 0.517. The van der Waals surface area contributed by atoms with Crippen LogP contribution in [0.1, 0.15) is 0 Å². The van der Waals surface area contributed by atoms with Crippen LogP contribution in [0.3, 0.4) is 0 Å². The van der Waals surface area contributed by atoms with Gasteiger partial charge in [-0.05, 0) is 40.9 Å². The first-order chi connectivity index (χ1) is 12.7. The van der Waals surface area contributed by atoms with E-state index in [1.807, 2.05) is 78.9 Å². The smallest absolute Gasteiger partial charge is 0.226 e. The molecular formula is C21H15ClN4. The minimum atomic E-state index is 0.170. The van der Waals surface area contributed by atoms with Crippen molar-refractivity contribution >= 4 is 17.3 Å². The van der Waals surface area contributed by atoms with Gasteiger partial charge >= 0.3 is 0 Å². The Hall–Kier alpha value is -3.24. The van der Waals surface area contributed by atoms with Gasteiger partial charge < -0.3 is 5.73 Å². The maximum absolute atomic E-state index is 6.15. The van der Waals surface area contributed by atoms with Crippen LogP contribution in [0.15, 0.2) is 78.9 Å². The zero-order chi connectivity index (χ0) is 17.9. The minimum Gasteiger partial charge on any atom is -0.399 e. The average molecular weight is 359 g/mol. The zero-order valence-corrected chi connectivity index (χ0v) is 14.6. The molecular weight excluding hydrogens is 344 g/mol. The number of anilines is 1. The molecule has 3 aromatic carbocycles. The summed E-state index contributed by atoms with van der Waals surface area (Å²) in [4.78, 5) is 13.1. The van der Waals surface area contributed by atoms with Gasteiger partial charge in [0.25, 0.3) is 0 Å². The van der Waals surface area contributed by atoms with Gasteiger partial charge in [0.05, 0.1) is 0 Å². The highest BCUT2D eigenvalue weighted by atomic mass is 35.5. The number of rotatable bonds is 3. The second-order valence-electron chi connectivity index (χ2n) is 5.82. The van der Waals surface area contributed by atoms with Gasteiger partial charge in [0.15, 0.2) is 11.6 Å². The highest BCUT2D eigenvalue weighted by molar-refractivity contribution is 6.28. The molecule has 0 aliphatic rings. The number of halogens is 1. The standard InChI is InChI=1S/C21H15ClN4/c22-21-25-19(14-6-2-1-3-7-14)24-20(26-21)17-10-4-8-15(12-17)16-9-5-11-18(23)13-16/h1-13H,23H2. The van der Waals surface area contributed by atoms with Gasteiger partial charge in [-0.25, -0.2) is 4.98 Å². The molecule has 1 heterocycles. The first kappa shape index (κ1) is 16.2. The van der Waals surface area contributed by atoms with Gasteiger partial charge in [0.1, 0.15) is 0 Å². The molecule has 0 spiro atoms. The summed E-state index contributed by atoms with van der Waals surface area (Å²) in [5.74, 6) is 1.09. The Bertz CT molecular complexity index is 1060. The molecule has 0 radical (unpaired) electrons. The van der Waals surface area contributed by atoms with Gasteiger partial charge in [-0.15, -0.1) is 0 Å². The summed E-state index contributed by atoms with van der Waals surface area (Å²) >= 11 is 6.15. The first-order valence-electron chi connectivity index (χ1n) is 8.12. The molecule has 0 aliphatic heterocycles. The van der Waals surface area contributed by atoms with Crippen molar-refractivity contribution in [2.75, 3.05) is 5.73 Å². The summed E-state index contributed by atoms with van der Waals surface area (Å²) in [5, 5.41) is 0.170. The van der Waals surface area contributed by atoms with E-state index in [2.05, 4.69) is 15.0 Å². The van der Waals surface area contributed by atoms with Crippen molar-refractivity contribution < 1.29 is 0 Å². The summed E-state index contributed by atoms with van der Waals surface area (Å²) in [6.07, 6.45) is 0. The summed E-state index contributed by atoms with van der Waals surface area (Å²) in [6.45, 7) is 0. The van der Waals surface area contributed by atoms with E-state index in [1.54, 1.807) is 0 Å². The lowest BCUT2D eigenvalue weighted by Crippen LogP contribution is -1.97. The molecule has 4 rings (SSSR count). The van der Waals surface area contributed by atoms with Crippen molar-refractivity contribution in [2.45, 2.75) is 0 Å². The molecule has 0 bridgehead atoms. The van der Waals surface area contributed by atoms with E-state index in [9.17, 15) is 0 Å². The van der Waals surface area contributed by atoms with Crippen molar-refractivity contribution in [1.29, 1.82) is 0 Å². The van der Waals surface area contributed by atoms with E-state index in [0.717, 1.165) is 27.9 Å². The van der Waals surface area contributed by atoms with Crippen LogP contribution in [0.25, 0.3) is 33.9 Å². The molecule has 0 aliphatic carbocycles. The normalized spacial score (nSPS) is 10.7. The van der Waals surface area contributed by atoms with Crippen LogP contribution in [-0.4, -0.2) is 15.0 Å². The Balaban J connectivity index is 1.79. The molecule has 0 saturated carbocycles. The highest BCUT2D eigenvalue weighted by Crippen LogP contribution is 2.27. The Morgan fingerprint density at radius 3 is 1.88 bits per heavy atom. The fourth-order valence-electron chi connectivity index (χ4n) is 2.75. The summed E-state index contributed by atoms with van der Waals surface area (Å²) in [5.41, 5.74) is 10.5. The molecule has 5 heteroatoms. The second kappa shape index (κ2) is 6.94. The third-order valence-corrected chi connectivity index (χ3v) is 4.15. The van der Waals surface area contributed by atoms with Gasteiger partial charge in [-0.3, -0.25) is 0 Å². The van der Waals surface area contributed by atoms with E-state index >= 15 is 0 Å². The number of nitrogens with two attached hydrogens (primary N) is 1. The molecule has 0 atom stereocenters. The molecule has 0 amide bonds. The summed E-state index contributed by atoms with van der Waals surface area (Å²) < 4.78 is 0. The molecule has 126 valence electrons. The van der Waals surface area contributed by atoms with E-state index in [1.165, 1.54) is 0 Å². The SMILES string of the molecule is Nc1cccc(-c2cccc(-c3nc(Cl)nc(-c4ccccc4)n3)c2)c1. The molecule has 1 aromatic heterocycles. The minimum absolute atomic E-state index is 0.170. The number of nitrogen functional groups attached to an aromatic ring is 1. The van der Waals surface area contributed by atoms with Crippen LogP contribution in [0, 0.1) is 0 Å². The number of hydrogen-bond donors (Lipinski definition) is 1. The Morgan fingerprint density at radius 2 is 1.15 bits per heavy atom. The predicted octanol–water partition coefficient (Wildman–Crippen LogP) is 5.11. The van der Waals surface area contributed by atoms with E-state index in [-0.39, 0.29) is 5.28 Å². The first-order valence-corrected chi connectivity index (χ1v) is 8.50. The fraction of sp³-hybridized carbons (Fsp3) is 0. The van der Waals surface area contributed by atoms with E-state index in [0.29, 0.717) is 11.6 Å². The Kier molecular flexibility index (Phi) is 4.33. The Morgan fingerprint density at radius 1 is 0.577 bits per heavy atom. The summed E-state index contributed by atoms with van der Waals surface area (Å²) in [6, 6.07) is 25.4. The largest absolute Gasteiger partial charge is 0.399 e. The summed E-state index contributed by atoms with van der Waals surface area (Å²) in [7, 11) is 0. The van der Waals surface area contributed by atoms with E-state index < -0.39 is 0 Å².